The molecule has 0 bridgehead atoms. The first-order valence-electron chi connectivity index (χ1n) is 5.12. The monoisotopic (exact) mass is 258 g/mol. The van der Waals surface area contributed by atoms with Crippen molar-refractivity contribution in [2.24, 2.45) is 10.9 Å². The molecule has 0 aromatic heterocycles. The van der Waals surface area contributed by atoms with Gasteiger partial charge in [0.25, 0.3) is 0 Å². The minimum Gasteiger partial charge on any atom is -0.493 e. The Hall–Kier alpha value is -1.62. The molecule has 0 fully saturated rings. The van der Waals surface area contributed by atoms with Gasteiger partial charge in [0.2, 0.25) is 0 Å². The molecule has 94 valence electrons. The zero-order valence-corrected chi connectivity index (χ0v) is 10.5. The van der Waals surface area contributed by atoms with E-state index in [1.165, 1.54) is 7.11 Å². The number of hydrogen-bond acceptors (Lipinski definition) is 4. The second-order valence-corrected chi connectivity index (χ2v) is 3.73. The molecule has 0 spiro atoms. The number of methoxy groups -OCH3 is 1. The van der Waals surface area contributed by atoms with Crippen LogP contribution in [0.1, 0.15) is 18.9 Å². The van der Waals surface area contributed by atoms with E-state index < -0.39 is 0 Å². The molecule has 17 heavy (non-hydrogen) atoms. The molecule has 6 heteroatoms. The lowest BCUT2D eigenvalue weighted by Crippen LogP contribution is -2.13. The van der Waals surface area contributed by atoms with Crippen molar-refractivity contribution in [3.63, 3.8) is 0 Å². The van der Waals surface area contributed by atoms with E-state index >= 15 is 0 Å². The lowest BCUT2D eigenvalue weighted by atomic mass is 10.2. The van der Waals surface area contributed by atoms with Crippen molar-refractivity contribution >= 4 is 17.4 Å². The van der Waals surface area contributed by atoms with E-state index in [0.29, 0.717) is 28.7 Å². The van der Waals surface area contributed by atoms with Crippen LogP contribution >= 0.6 is 11.6 Å². The molecule has 1 rings (SSSR count). The van der Waals surface area contributed by atoms with Crippen LogP contribution in [-0.2, 0) is 0 Å². The third kappa shape index (κ3) is 3.17. The summed E-state index contributed by atoms with van der Waals surface area (Å²) in [6, 6.07) is 3.16. The van der Waals surface area contributed by atoms with Crippen molar-refractivity contribution in [2.45, 2.75) is 13.3 Å². The van der Waals surface area contributed by atoms with Gasteiger partial charge in [-0.1, -0.05) is 23.7 Å². The van der Waals surface area contributed by atoms with Crippen LogP contribution in [-0.4, -0.2) is 24.8 Å². The van der Waals surface area contributed by atoms with Gasteiger partial charge in [0.1, 0.15) is 0 Å². The van der Waals surface area contributed by atoms with Gasteiger partial charge in [-0.05, 0) is 18.6 Å². The third-order valence-corrected chi connectivity index (χ3v) is 2.36. The molecule has 0 aliphatic carbocycles. The third-order valence-electron chi connectivity index (χ3n) is 2.08. The topological polar surface area (TPSA) is 77.1 Å². The fourth-order valence-electron chi connectivity index (χ4n) is 1.27. The molecule has 0 heterocycles. The predicted molar refractivity (Wildman–Crippen MR) is 66.3 cm³/mol. The van der Waals surface area contributed by atoms with E-state index in [-0.39, 0.29) is 5.84 Å². The molecule has 3 N–H and O–H groups in total. The highest BCUT2D eigenvalue weighted by atomic mass is 35.5. The number of nitrogens with zero attached hydrogens (tertiary/aromatic N) is 1. The summed E-state index contributed by atoms with van der Waals surface area (Å²) in [5.41, 5.74) is 5.95. The van der Waals surface area contributed by atoms with Gasteiger partial charge in [0.05, 0.1) is 18.7 Å². The van der Waals surface area contributed by atoms with Crippen molar-refractivity contribution in [3.8, 4) is 11.5 Å². The molecule has 0 saturated heterocycles. The molecule has 0 saturated carbocycles. The van der Waals surface area contributed by atoms with E-state index in [9.17, 15) is 0 Å². The lowest BCUT2D eigenvalue weighted by Gasteiger charge is -2.13. The number of nitrogens with two attached hydrogens (primary N) is 1. The second-order valence-electron chi connectivity index (χ2n) is 3.32. The maximum atomic E-state index is 8.60. The number of halogens is 1. The van der Waals surface area contributed by atoms with Crippen LogP contribution in [0.4, 0.5) is 0 Å². The van der Waals surface area contributed by atoms with Crippen LogP contribution in [0.5, 0.6) is 11.5 Å². The van der Waals surface area contributed by atoms with Crippen LogP contribution < -0.4 is 15.2 Å². The molecule has 0 aliphatic heterocycles. The molecule has 0 atom stereocenters. The second kappa shape index (κ2) is 6.20. The van der Waals surface area contributed by atoms with E-state index in [1.807, 2.05) is 6.92 Å². The quantitative estimate of drug-likeness (QED) is 0.367. The minimum absolute atomic E-state index is 0.0350. The summed E-state index contributed by atoms with van der Waals surface area (Å²) in [7, 11) is 1.50. The normalized spacial score (nSPS) is 11.4. The molecule has 0 radical (unpaired) electrons. The summed E-state index contributed by atoms with van der Waals surface area (Å²) in [5.74, 6) is 0.880. The predicted octanol–water partition coefficient (Wildman–Crippen LogP) is 2.23. The van der Waals surface area contributed by atoms with Crippen molar-refractivity contribution in [1.29, 1.82) is 0 Å². The Bertz CT molecular complexity index is 421. The number of oxime groups is 1. The highest BCUT2D eigenvalue weighted by Gasteiger charge is 2.13. The molecular formula is C11H15ClN2O3. The summed E-state index contributed by atoms with van der Waals surface area (Å²) in [5, 5.41) is 11.9. The van der Waals surface area contributed by atoms with E-state index in [2.05, 4.69) is 5.16 Å². The zero-order chi connectivity index (χ0) is 12.8. The van der Waals surface area contributed by atoms with Gasteiger partial charge in [-0.3, -0.25) is 0 Å². The Balaban J connectivity index is 3.16. The average molecular weight is 259 g/mol. The number of hydrogen-bond donors (Lipinski definition) is 2. The Kier molecular flexibility index (Phi) is 4.90. The number of ether oxygens (including phenoxy) is 2. The maximum absolute atomic E-state index is 8.60. The molecule has 5 nitrogen and oxygen atoms in total. The molecule has 1 aromatic carbocycles. The van der Waals surface area contributed by atoms with Gasteiger partial charge in [0.15, 0.2) is 17.3 Å². The van der Waals surface area contributed by atoms with Crippen molar-refractivity contribution < 1.29 is 14.7 Å². The van der Waals surface area contributed by atoms with Crippen LogP contribution in [0.15, 0.2) is 17.3 Å². The maximum Gasteiger partial charge on any atom is 0.179 e. The average Bonchev–Trinajstić information content (AvgIpc) is 2.35. The van der Waals surface area contributed by atoms with Gasteiger partial charge in [-0.2, -0.15) is 0 Å². The molecule has 0 amide bonds. The first-order chi connectivity index (χ1) is 8.13. The first-order valence-corrected chi connectivity index (χ1v) is 5.50. The van der Waals surface area contributed by atoms with Gasteiger partial charge in [0, 0.05) is 5.56 Å². The van der Waals surface area contributed by atoms with Gasteiger partial charge < -0.3 is 20.4 Å². The fraction of sp³-hybridized carbons (Fsp3) is 0.364. The first kappa shape index (κ1) is 13.4. The van der Waals surface area contributed by atoms with Crippen LogP contribution in [0.25, 0.3) is 0 Å². The summed E-state index contributed by atoms with van der Waals surface area (Å²) < 4.78 is 10.6. The van der Waals surface area contributed by atoms with Crippen LogP contribution in [0, 0.1) is 0 Å². The number of rotatable bonds is 5. The summed E-state index contributed by atoms with van der Waals surface area (Å²) in [6.07, 6.45) is 0.863. The highest BCUT2D eigenvalue weighted by molar-refractivity contribution is 6.32. The Morgan fingerprint density at radius 2 is 2.24 bits per heavy atom. The summed E-state index contributed by atoms with van der Waals surface area (Å²) >= 11 is 6.05. The van der Waals surface area contributed by atoms with E-state index in [4.69, 9.17) is 32.0 Å². The van der Waals surface area contributed by atoms with Crippen molar-refractivity contribution in [2.75, 3.05) is 13.7 Å². The van der Waals surface area contributed by atoms with Gasteiger partial charge in [-0.25, -0.2) is 0 Å². The largest absolute Gasteiger partial charge is 0.493 e. The fourth-order valence-corrected chi connectivity index (χ4v) is 1.53. The van der Waals surface area contributed by atoms with Crippen molar-refractivity contribution in [3.05, 3.63) is 22.7 Å². The SMILES string of the molecule is CCCOc1c(Cl)cc(C(N)=NO)cc1OC. The Labute approximate surface area is 105 Å². The summed E-state index contributed by atoms with van der Waals surface area (Å²) in [4.78, 5) is 0. The molecule has 1 aromatic rings. The summed E-state index contributed by atoms with van der Waals surface area (Å²) in [6.45, 7) is 2.53. The van der Waals surface area contributed by atoms with E-state index in [1.54, 1.807) is 12.1 Å². The lowest BCUT2D eigenvalue weighted by molar-refractivity contribution is 0.294. The minimum atomic E-state index is -0.0350. The van der Waals surface area contributed by atoms with Crippen LogP contribution in [0.3, 0.4) is 0 Å². The molecule has 0 unspecified atom stereocenters. The molecule has 0 aliphatic rings. The Morgan fingerprint density at radius 1 is 1.53 bits per heavy atom. The highest BCUT2D eigenvalue weighted by Crippen LogP contribution is 2.36. The van der Waals surface area contributed by atoms with Gasteiger partial charge >= 0.3 is 0 Å². The zero-order valence-electron chi connectivity index (χ0n) is 9.74. The smallest absolute Gasteiger partial charge is 0.179 e. The standard InChI is InChI=1S/C11H15ClN2O3/c1-3-4-17-10-8(12)5-7(11(13)14-15)6-9(10)16-2/h5-6,15H,3-4H2,1-2H3,(H2,13,14). The Morgan fingerprint density at radius 3 is 2.76 bits per heavy atom. The molecular weight excluding hydrogens is 244 g/mol. The number of benzene rings is 1. The van der Waals surface area contributed by atoms with Gasteiger partial charge in [-0.15, -0.1) is 0 Å². The van der Waals surface area contributed by atoms with Crippen LogP contribution in [0.2, 0.25) is 5.02 Å². The van der Waals surface area contributed by atoms with Crippen molar-refractivity contribution in [1.82, 2.24) is 0 Å². The van der Waals surface area contributed by atoms with E-state index in [0.717, 1.165) is 6.42 Å². The number of amidine groups is 1.